The minimum Gasteiger partial charge on any atom is -0.493 e. The molecule has 1 atom stereocenters. The number of carbonyl (C=O) groups excluding carboxylic acids is 1. The van der Waals surface area contributed by atoms with E-state index in [0.29, 0.717) is 50.1 Å². The number of carbonyl (C=O) groups is 2. The van der Waals surface area contributed by atoms with E-state index in [1.165, 1.54) is 6.26 Å². The van der Waals surface area contributed by atoms with Gasteiger partial charge in [-0.05, 0) is 69.2 Å². The lowest BCUT2D eigenvalue weighted by Gasteiger charge is -2.36. The first-order chi connectivity index (χ1) is 19.7. The van der Waals surface area contributed by atoms with E-state index in [9.17, 15) is 23.1 Å². The molecule has 3 heterocycles. The lowest BCUT2D eigenvalue weighted by Crippen LogP contribution is -2.46. The molecule has 1 saturated heterocycles. The van der Waals surface area contributed by atoms with Crippen LogP contribution in [0.2, 0.25) is 0 Å². The van der Waals surface area contributed by atoms with E-state index >= 15 is 0 Å². The Balaban J connectivity index is 1.19. The minimum atomic E-state index is -3.02. The van der Waals surface area contributed by atoms with E-state index in [0.717, 1.165) is 43.0 Å². The molecular formula is C29H37N5O6S. The molecule has 2 aliphatic rings. The average molecular weight is 584 g/mol. The minimum absolute atomic E-state index is 0.0677. The number of nitrogens with zero attached hydrogens (tertiary/aromatic N) is 4. The molecule has 1 aliphatic heterocycles. The monoisotopic (exact) mass is 583 g/mol. The largest absolute Gasteiger partial charge is 0.493 e. The molecule has 12 heteroatoms. The van der Waals surface area contributed by atoms with Gasteiger partial charge in [0.25, 0.3) is 0 Å². The van der Waals surface area contributed by atoms with Gasteiger partial charge in [0, 0.05) is 49.1 Å². The molecule has 1 aromatic carbocycles. The summed E-state index contributed by atoms with van der Waals surface area (Å²) in [5, 5.41) is 13.7. The molecule has 0 spiro atoms. The van der Waals surface area contributed by atoms with Crippen LogP contribution in [0.5, 0.6) is 5.75 Å². The van der Waals surface area contributed by atoms with Gasteiger partial charge in [-0.25, -0.2) is 13.4 Å². The number of piperidine rings is 1. The summed E-state index contributed by atoms with van der Waals surface area (Å²) < 4.78 is 30.6. The number of aliphatic carboxylic acids is 1. The number of benzene rings is 1. The SMILES string of the molecule is CS(=O)(=O)CCCOc1cccc2c1ccn2-c1ccnc(NC2CCC(C(=O)N3CCC[C@H](C(=O)O)C3)CC2)n1. The number of sulfone groups is 1. The number of rotatable bonds is 10. The fourth-order valence-corrected chi connectivity index (χ4v) is 6.47. The maximum atomic E-state index is 13.1. The van der Waals surface area contributed by atoms with Crippen molar-refractivity contribution in [1.82, 2.24) is 19.4 Å². The van der Waals surface area contributed by atoms with Gasteiger partial charge in [-0.15, -0.1) is 0 Å². The third kappa shape index (κ3) is 7.16. The van der Waals surface area contributed by atoms with E-state index in [2.05, 4.69) is 10.3 Å². The third-order valence-electron chi connectivity index (χ3n) is 7.99. The summed E-state index contributed by atoms with van der Waals surface area (Å²) in [6, 6.07) is 9.69. The van der Waals surface area contributed by atoms with Crippen LogP contribution in [0.3, 0.4) is 0 Å². The highest BCUT2D eigenvalue weighted by Gasteiger charge is 2.34. The number of amides is 1. The van der Waals surface area contributed by atoms with Crippen LogP contribution in [0.15, 0.2) is 42.7 Å². The normalized spacial score (nSPS) is 21.5. The number of nitrogens with one attached hydrogen (secondary N) is 1. The number of fused-ring (bicyclic) bond motifs is 1. The number of hydrogen-bond acceptors (Lipinski definition) is 8. The van der Waals surface area contributed by atoms with Crippen LogP contribution in [-0.2, 0) is 19.4 Å². The van der Waals surface area contributed by atoms with Gasteiger partial charge in [0.05, 0.1) is 23.8 Å². The smallest absolute Gasteiger partial charge is 0.308 e. The number of anilines is 1. The van der Waals surface area contributed by atoms with Crippen LogP contribution in [-0.4, -0.2) is 82.6 Å². The second kappa shape index (κ2) is 12.5. The highest BCUT2D eigenvalue weighted by Crippen LogP contribution is 2.31. The summed E-state index contributed by atoms with van der Waals surface area (Å²) in [6.07, 6.45) is 9.79. The zero-order valence-corrected chi connectivity index (χ0v) is 24.1. The summed E-state index contributed by atoms with van der Waals surface area (Å²) in [5.74, 6) is 0.745. The number of aromatic nitrogens is 3. The molecule has 2 N–H and O–H groups in total. The first-order valence-electron chi connectivity index (χ1n) is 14.2. The topological polar surface area (TPSA) is 144 Å². The number of carboxylic acid groups (broad SMARTS) is 1. The average Bonchev–Trinajstić information content (AvgIpc) is 3.40. The Morgan fingerprint density at radius 1 is 1.10 bits per heavy atom. The van der Waals surface area contributed by atoms with Crippen molar-refractivity contribution in [2.24, 2.45) is 11.8 Å². The van der Waals surface area contributed by atoms with Crippen LogP contribution in [0.1, 0.15) is 44.9 Å². The molecule has 0 unspecified atom stereocenters. The molecule has 2 fully saturated rings. The van der Waals surface area contributed by atoms with Gasteiger partial charge < -0.3 is 24.6 Å². The van der Waals surface area contributed by atoms with Crippen molar-refractivity contribution < 1.29 is 27.9 Å². The lowest BCUT2D eigenvalue weighted by molar-refractivity contribution is -0.147. The molecule has 0 bridgehead atoms. The predicted octanol–water partition coefficient (Wildman–Crippen LogP) is 3.53. The highest BCUT2D eigenvalue weighted by molar-refractivity contribution is 7.90. The predicted molar refractivity (Wildman–Crippen MR) is 155 cm³/mol. The number of hydrogen-bond donors (Lipinski definition) is 2. The van der Waals surface area contributed by atoms with E-state index in [4.69, 9.17) is 9.72 Å². The van der Waals surface area contributed by atoms with E-state index < -0.39 is 21.7 Å². The Bertz CT molecular complexity index is 1500. The Hall–Kier alpha value is -3.67. The maximum Gasteiger partial charge on any atom is 0.308 e. The van der Waals surface area contributed by atoms with Crippen LogP contribution in [0, 0.1) is 11.8 Å². The molecule has 1 saturated carbocycles. The van der Waals surface area contributed by atoms with E-state index in [1.807, 2.05) is 41.1 Å². The molecule has 5 rings (SSSR count). The summed E-state index contributed by atoms with van der Waals surface area (Å²) in [5.41, 5.74) is 0.914. The van der Waals surface area contributed by atoms with Crippen molar-refractivity contribution in [1.29, 1.82) is 0 Å². The Kier molecular flexibility index (Phi) is 8.77. The summed E-state index contributed by atoms with van der Waals surface area (Å²) in [7, 11) is -3.02. The van der Waals surface area contributed by atoms with Crippen molar-refractivity contribution in [2.75, 3.05) is 37.0 Å². The molecule has 1 aliphatic carbocycles. The molecular weight excluding hydrogens is 546 g/mol. The molecule has 1 amide bonds. The van der Waals surface area contributed by atoms with Crippen LogP contribution in [0.4, 0.5) is 5.95 Å². The summed E-state index contributed by atoms with van der Waals surface area (Å²) in [6.45, 7) is 1.28. The van der Waals surface area contributed by atoms with Crippen molar-refractivity contribution in [3.05, 3.63) is 42.7 Å². The van der Waals surface area contributed by atoms with Gasteiger partial charge in [-0.3, -0.25) is 9.59 Å². The molecule has 11 nitrogen and oxygen atoms in total. The fourth-order valence-electron chi connectivity index (χ4n) is 5.83. The Morgan fingerprint density at radius 3 is 2.66 bits per heavy atom. The van der Waals surface area contributed by atoms with Gasteiger partial charge in [0.2, 0.25) is 11.9 Å². The van der Waals surface area contributed by atoms with Crippen LogP contribution >= 0.6 is 0 Å². The number of carboxylic acids is 1. The van der Waals surface area contributed by atoms with Crippen LogP contribution < -0.4 is 10.1 Å². The Morgan fingerprint density at radius 2 is 1.90 bits per heavy atom. The van der Waals surface area contributed by atoms with E-state index in [-0.39, 0.29) is 23.6 Å². The first kappa shape index (κ1) is 28.8. The lowest BCUT2D eigenvalue weighted by atomic mass is 9.84. The standard InChI is InChI=1S/C29H37N5O6S/c1-41(38,39)18-4-17-40-25-7-2-6-24-23(25)13-16-34(24)26-12-14-30-29(32-26)31-22-10-8-20(9-11-22)27(35)33-15-3-5-21(19-33)28(36)37/h2,6-7,12-14,16,20-22H,3-5,8-11,15,17-19H2,1H3,(H,36,37)(H,30,31,32)/t20?,21-,22?/m0/s1. The second-order valence-corrected chi connectivity index (χ2v) is 13.4. The van der Waals surface area contributed by atoms with Crippen molar-refractivity contribution in [2.45, 2.75) is 51.0 Å². The van der Waals surface area contributed by atoms with Gasteiger partial charge in [-0.2, -0.15) is 4.98 Å². The summed E-state index contributed by atoms with van der Waals surface area (Å²) >= 11 is 0. The number of ether oxygens (including phenoxy) is 1. The van der Waals surface area contributed by atoms with Crippen molar-refractivity contribution >= 4 is 38.6 Å². The van der Waals surface area contributed by atoms with Crippen molar-refractivity contribution in [3.8, 4) is 11.6 Å². The zero-order valence-electron chi connectivity index (χ0n) is 23.2. The molecule has 41 heavy (non-hydrogen) atoms. The molecule has 0 radical (unpaired) electrons. The van der Waals surface area contributed by atoms with Gasteiger partial charge in [0.15, 0.2) is 0 Å². The molecule has 3 aromatic rings. The molecule has 2 aromatic heterocycles. The molecule has 220 valence electrons. The summed E-state index contributed by atoms with van der Waals surface area (Å²) in [4.78, 5) is 35.4. The fraction of sp³-hybridized carbons (Fsp3) is 0.517. The highest BCUT2D eigenvalue weighted by atomic mass is 32.2. The maximum absolute atomic E-state index is 13.1. The van der Waals surface area contributed by atoms with Gasteiger partial charge in [-0.1, -0.05) is 6.07 Å². The second-order valence-electron chi connectivity index (χ2n) is 11.1. The first-order valence-corrected chi connectivity index (χ1v) is 16.3. The van der Waals surface area contributed by atoms with Gasteiger partial charge >= 0.3 is 5.97 Å². The van der Waals surface area contributed by atoms with Crippen molar-refractivity contribution in [3.63, 3.8) is 0 Å². The number of likely N-dealkylation sites (tertiary alicyclic amines) is 1. The van der Waals surface area contributed by atoms with E-state index in [1.54, 1.807) is 11.1 Å². The third-order valence-corrected chi connectivity index (χ3v) is 9.02. The van der Waals surface area contributed by atoms with Crippen LogP contribution in [0.25, 0.3) is 16.7 Å². The Labute approximate surface area is 239 Å². The van der Waals surface area contributed by atoms with Gasteiger partial charge in [0.1, 0.15) is 21.4 Å². The zero-order chi connectivity index (χ0) is 29.0. The quantitative estimate of drug-likeness (QED) is 0.343.